The summed E-state index contributed by atoms with van der Waals surface area (Å²) < 4.78 is 13.3. The summed E-state index contributed by atoms with van der Waals surface area (Å²) in [6.45, 7) is 5.22. The molecule has 1 saturated heterocycles. The molecule has 28 heavy (non-hydrogen) atoms. The molecule has 4 rings (SSSR count). The van der Waals surface area contributed by atoms with Gasteiger partial charge in [0.05, 0.1) is 11.8 Å². The van der Waals surface area contributed by atoms with Gasteiger partial charge in [0, 0.05) is 36.1 Å². The van der Waals surface area contributed by atoms with E-state index in [-0.39, 0.29) is 17.6 Å². The van der Waals surface area contributed by atoms with Crippen LogP contribution in [0.1, 0.15) is 46.2 Å². The number of H-pyrrole nitrogens is 1. The lowest BCUT2D eigenvalue weighted by Gasteiger charge is -2.32. The predicted molar refractivity (Wildman–Crippen MR) is 106 cm³/mol. The van der Waals surface area contributed by atoms with Crippen molar-refractivity contribution < 1.29 is 9.18 Å². The molecule has 2 aromatic heterocycles. The lowest BCUT2D eigenvalue weighted by molar-refractivity contribution is 0.0705. The number of pyridine rings is 1. The van der Waals surface area contributed by atoms with Gasteiger partial charge in [0.25, 0.3) is 5.91 Å². The van der Waals surface area contributed by atoms with Crippen molar-refractivity contribution in [1.82, 2.24) is 20.1 Å². The third kappa shape index (κ3) is 3.67. The number of carbonyl (C=O) groups is 1. The average Bonchev–Trinajstić information content (AvgIpc) is 3.13. The number of hydrogen-bond donors (Lipinski definition) is 1. The SMILES string of the molecule is Cc1cc(-c2ccc(F)cc2)cc([C@@H]2CCCN(C(=O)c3cn[nH]c3C)C2)n1. The van der Waals surface area contributed by atoms with E-state index in [0.29, 0.717) is 12.1 Å². The fourth-order valence-corrected chi connectivity index (χ4v) is 3.85. The second-order valence-corrected chi connectivity index (χ2v) is 7.43. The van der Waals surface area contributed by atoms with E-state index in [1.165, 1.54) is 12.1 Å². The smallest absolute Gasteiger partial charge is 0.257 e. The molecule has 0 spiro atoms. The van der Waals surface area contributed by atoms with Gasteiger partial charge >= 0.3 is 0 Å². The van der Waals surface area contributed by atoms with Crippen molar-refractivity contribution in [2.75, 3.05) is 13.1 Å². The summed E-state index contributed by atoms with van der Waals surface area (Å²) >= 11 is 0. The van der Waals surface area contributed by atoms with Crippen LogP contribution in [0.4, 0.5) is 4.39 Å². The largest absolute Gasteiger partial charge is 0.338 e. The highest BCUT2D eigenvalue weighted by Crippen LogP contribution is 2.30. The van der Waals surface area contributed by atoms with Gasteiger partial charge in [-0.1, -0.05) is 12.1 Å². The van der Waals surface area contributed by atoms with Gasteiger partial charge in [-0.3, -0.25) is 14.9 Å². The number of piperidine rings is 1. The third-order valence-electron chi connectivity index (χ3n) is 5.34. The number of rotatable bonds is 3. The summed E-state index contributed by atoms with van der Waals surface area (Å²) in [7, 11) is 0. The maximum Gasteiger partial charge on any atom is 0.257 e. The van der Waals surface area contributed by atoms with Crippen LogP contribution in [-0.2, 0) is 0 Å². The Morgan fingerprint density at radius 2 is 1.96 bits per heavy atom. The van der Waals surface area contributed by atoms with Crippen LogP contribution in [0.3, 0.4) is 0 Å². The summed E-state index contributed by atoms with van der Waals surface area (Å²) in [6, 6.07) is 10.6. The van der Waals surface area contributed by atoms with Crippen molar-refractivity contribution >= 4 is 5.91 Å². The van der Waals surface area contributed by atoms with Crippen LogP contribution in [0.15, 0.2) is 42.6 Å². The second-order valence-electron chi connectivity index (χ2n) is 7.43. The summed E-state index contributed by atoms with van der Waals surface area (Å²) in [5.74, 6) is -0.0444. The summed E-state index contributed by atoms with van der Waals surface area (Å²) in [6.07, 6.45) is 3.53. The molecule has 5 nitrogen and oxygen atoms in total. The maximum absolute atomic E-state index is 13.3. The van der Waals surface area contributed by atoms with Crippen LogP contribution in [-0.4, -0.2) is 39.1 Å². The van der Waals surface area contributed by atoms with Gasteiger partial charge in [0.2, 0.25) is 0 Å². The van der Waals surface area contributed by atoms with E-state index in [2.05, 4.69) is 16.3 Å². The molecule has 1 N–H and O–H groups in total. The molecular weight excluding hydrogens is 355 g/mol. The average molecular weight is 378 g/mol. The number of halogens is 1. The van der Waals surface area contributed by atoms with Crippen LogP contribution >= 0.6 is 0 Å². The van der Waals surface area contributed by atoms with E-state index in [1.54, 1.807) is 18.3 Å². The minimum Gasteiger partial charge on any atom is -0.338 e. The Kier molecular flexibility index (Phi) is 4.94. The molecule has 1 aliphatic heterocycles. The molecule has 1 aliphatic rings. The van der Waals surface area contributed by atoms with E-state index in [0.717, 1.165) is 47.6 Å². The molecule has 0 radical (unpaired) electrons. The normalized spacial score (nSPS) is 17.0. The molecule has 0 saturated carbocycles. The zero-order valence-corrected chi connectivity index (χ0v) is 16.1. The molecule has 1 aromatic carbocycles. The predicted octanol–water partition coefficient (Wildman–Crippen LogP) is 4.25. The molecule has 6 heteroatoms. The highest BCUT2D eigenvalue weighted by atomic mass is 19.1. The van der Waals surface area contributed by atoms with Crippen molar-refractivity contribution in [3.63, 3.8) is 0 Å². The standard InChI is InChI=1S/C22H23FN4O/c1-14-10-18(16-5-7-19(23)8-6-16)11-21(25-14)17-4-3-9-27(13-17)22(28)20-12-24-26-15(20)2/h5-8,10-12,17H,3-4,9,13H2,1-2H3,(H,24,26)/t17-/m1/s1. The monoisotopic (exact) mass is 378 g/mol. The maximum atomic E-state index is 13.3. The number of amides is 1. The number of aryl methyl sites for hydroxylation is 2. The fraction of sp³-hybridized carbons (Fsp3) is 0.318. The summed E-state index contributed by atoms with van der Waals surface area (Å²) in [4.78, 5) is 19.5. The first-order valence-corrected chi connectivity index (χ1v) is 9.55. The first-order valence-electron chi connectivity index (χ1n) is 9.55. The van der Waals surface area contributed by atoms with Gasteiger partial charge in [-0.05, 0) is 62.1 Å². The van der Waals surface area contributed by atoms with E-state index in [1.807, 2.05) is 24.8 Å². The molecule has 1 fully saturated rings. The molecule has 0 bridgehead atoms. The molecule has 1 amide bonds. The van der Waals surface area contributed by atoms with Crippen LogP contribution in [0.2, 0.25) is 0 Å². The third-order valence-corrected chi connectivity index (χ3v) is 5.34. The molecule has 1 atom stereocenters. The minimum absolute atomic E-state index is 0.0161. The van der Waals surface area contributed by atoms with E-state index in [9.17, 15) is 9.18 Å². The lowest BCUT2D eigenvalue weighted by atomic mass is 9.92. The number of likely N-dealkylation sites (tertiary alicyclic amines) is 1. The van der Waals surface area contributed by atoms with Gasteiger partial charge in [-0.15, -0.1) is 0 Å². The van der Waals surface area contributed by atoms with Gasteiger partial charge < -0.3 is 4.90 Å². The van der Waals surface area contributed by atoms with E-state index >= 15 is 0 Å². The second kappa shape index (κ2) is 7.54. The Morgan fingerprint density at radius 3 is 2.68 bits per heavy atom. The topological polar surface area (TPSA) is 61.9 Å². The zero-order chi connectivity index (χ0) is 19.7. The quantitative estimate of drug-likeness (QED) is 0.741. The van der Waals surface area contributed by atoms with Crippen molar-refractivity contribution in [2.45, 2.75) is 32.6 Å². The Bertz CT molecular complexity index is 996. The first kappa shape index (κ1) is 18.3. The van der Waals surface area contributed by atoms with Crippen LogP contribution in [0, 0.1) is 19.7 Å². The van der Waals surface area contributed by atoms with Gasteiger partial charge in [-0.2, -0.15) is 5.10 Å². The molecule has 144 valence electrons. The molecule has 3 aromatic rings. The molecule has 3 heterocycles. The van der Waals surface area contributed by atoms with Gasteiger partial charge in [0.15, 0.2) is 0 Å². The molecule has 0 aliphatic carbocycles. The fourth-order valence-electron chi connectivity index (χ4n) is 3.85. The van der Waals surface area contributed by atoms with Crippen LogP contribution < -0.4 is 0 Å². The number of nitrogens with one attached hydrogen (secondary N) is 1. The number of hydrogen-bond acceptors (Lipinski definition) is 3. The van der Waals surface area contributed by atoms with Crippen molar-refractivity contribution in [1.29, 1.82) is 0 Å². The number of nitrogens with zero attached hydrogens (tertiary/aromatic N) is 3. The number of aromatic nitrogens is 3. The minimum atomic E-state index is -0.245. The molecular formula is C22H23FN4O. The van der Waals surface area contributed by atoms with E-state index in [4.69, 9.17) is 4.98 Å². The van der Waals surface area contributed by atoms with E-state index < -0.39 is 0 Å². The van der Waals surface area contributed by atoms with Crippen molar-refractivity contribution in [3.05, 3.63) is 71.1 Å². The first-order chi connectivity index (χ1) is 13.5. The summed E-state index contributed by atoms with van der Waals surface area (Å²) in [5.41, 5.74) is 5.32. The lowest BCUT2D eigenvalue weighted by Crippen LogP contribution is -2.39. The van der Waals surface area contributed by atoms with Gasteiger partial charge in [0.1, 0.15) is 5.82 Å². The van der Waals surface area contributed by atoms with Crippen molar-refractivity contribution in [3.8, 4) is 11.1 Å². The zero-order valence-electron chi connectivity index (χ0n) is 16.1. The number of carbonyl (C=O) groups excluding carboxylic acids is 1. The van der Waals surface area contributed by atoms with Crippen LogP contribution in [0.25, 0.3) is 11.1 Å². The highest BCUT2D eigenvalue weighted by molar-refractivity contribution is 5.95. The Labute approximate surface area is 163 Å². The van der Waals surface area contributed by atoms with Crippen molar-refractivity contribution in [2.24, 2.45) is 0 Å². The Balaban J connectivity index is 1.59. The Morgan fingerprint density at radius 1 is 1.18 bits per heavy atom. The Hall–Kier alpha value is -3.02. The molecule has 0 unspecified atom stereocenters. The highest BCUT2D eigenvalue weighted by Gasteiger charge is 2.28. The number of benzene rings is 1. The van der Waals surface area contributed by atoms with Crippen LogP contribution in [0.5, 0.6) is 0 Å². The number of aromatic amines is 1. The summed E-state index contributed by atoms with van der Waals surface area (Å²) in [5, 5.41) is 6.80. The van der Waals surface area contributed by atoms with Gasteiger partial charge in [-0.25, -0.2) is 4.39 Å².